The molecule has 0 saturated carbocycles. The van der Waals surface area contributed by atoms with Gasteiger partial charge in [-0.25, -0.2) is 9.97 Å². The first-order valence-corrected chi connectivity index (χ1v) is 12.7. The number of ketones is 1. The van der Waals surface area contributed by atoms with Crippen LogP contribution in [0.25, 0.3) is 0 Å². The molecule has 4 heterocycles. The standard InChI is InChI=1S/C27H34N4O5/c1-17-15-18(2)29-26(28-17)31-11-7-19(8-12-31)25(33)30-13-9-27(10-14-30)16-21(32)20-5-6-22(34-3)24(35-4)23(20)36-27/h5-6,15,19H,7-14,16H2,1-4H3. The van der Waals surface area contributed by atoms with Crippen LogP contribution in [0.4, 0.5) is 5.95 Å². The van der Waals surface area contributed by atoms with Gasteiger partial charge in [0.15, 0.2) is 17.3 Å². The molecular weight excluding hydrogens is 460 g/mol. The second-order valence-electron chi connectivity index (χ2n) is 10.1. The van der Waals surface area contributed by atoms with Gasteiger partial charge in [0.2, 0.25) is 17.6 Å². The Hall–Kier alpha value is -3.36. The summed E-state index contributed by atoms with van der Waals surface area (Å²) in [4.78, 5) is 39.6. The Balaban J connectivity index is 1.21. The van der Waals surface area contributed by atoms with Gasteiger partial charge in [0, 0.05) is 56.3 Å². The van der Waals surface area contributed by atoms with Gasteiger partial charge in [-0.2, -0.15) is 0 Å². The first-order valence-electron chi connectivity index (χ1n) is 12.7. The average Bonchev–Trinajstić information content (AvgIpc) is 2.87. The monoisotopic (exact) mass is 494 g/mol. The van der Waals surface area contributed by atoms with E-state index in [0.717, 1.165) is 43.3 Å². The topological polar surface area (TPSA) is 94.1 Å². The molecule has 3 aliphatic rings. The van der Waals surface area contributed by atoms with E-state index in [1.54, 1.807) is 26.4 Å². The number of carbonyl (C=O) groups is 2. The van der Waals surface area contributed by atoms with Gasteiger partial charge in [0.05, 0.1) is 26.2 Å². The molecule has 9 nitrogen and oxygen atoms in total. The lowest BCUT2D eigenvalue weighted by Crippen LogP contribution is -2.54. The van der Waals surface area contributed by atoms with Crippen LogP contribution in [-0.4, -0.2) is 72.6 Å². The van der Waals surface area contributed by atoms with Crippen LogP contribution >= 0.6 is 0 Å². The number of benzene rings is 1. The van der Waals surface area contributed by atoms with Gasteiger partial charge >= 0.3 is 0 Å². The zero-order valence-electron chi connectivity index (χ0n) is 21.5. The number of aromatic nitrogens is 2. The van der Waals surface area contributed by atoms with Gasteiger partial charge in [0.1, 0.15) is 5.60 Å². The van der Waals surface area contributed by atoms with Crippen molar-refractivity contribution < 1.29 is 23.8 Å². The Morgan fingerprint density at radius 2 is 1.69 bits per heavy atom. The normalized spacial score (nSPS) is 19.6. The highest BCUT2D eigenvalue weighted by molar-refractivity contribution is 6.01. The number of anilines is 1. The van der Waals surface area contributed by atoms with Crippen molar-refractivity contribution in [3.63, 3.8) is 0 Å². The molecule has 2 aromatic rings. The third-order valence-electron chi connectivity index (χ3n) is 7.69. The molecule has 2 fully saturated rings. The number of hydrogen-bond acceptors (Lipinski definition) is 8. The van der Waals surface area contributed by atoms with Crippen molar-refractivity contribution in [2.75, 3.05) is 45.3 Å². The number of nitrogens with zero attached hydrogens (tertiary/aromatic N) is 4. The molecule has 1 aromatic carbocycles. The van der Waals surface area contributed by atoms with Crippen molar-refractivity contribution in [3.8, 4) is 17.2 Å². The first-order chi connectivity index (χ1) is 17.3. The molecule has 0 unspecified atom stereocenters. The molecule has 0 radical (unpaired) electrons. The SMILES string of the molecule is COc1ccc2c(c1OC)OC1(CCN(C(=O)C3CCN(c4nc(C)cc(C)n4)CC3)CC1)CC2=O. The number of carbonyl (C=O) groups excluding carboxylic acids is 2. The van der Waals surface area contributed by atoms with Crippen molar-refractivity contribution >= 4 is 17.6 Å². The molecule has 36 heavy (non-hydrogen) atoms. The fourth-order valence-electron chi connectivity index (χ4n) is 5.71. The maximum absolute atomic E-state index is 13.4. The number of methoxy groups -OCH3 is 2. The number of hydrogen-bond donors (Lipinski definition) is 0. The zero-order chi connectivity index (χ0) is 25.4. The minimum atomic E-state index is -0.621. The molecule has 1 aromatic heterocycles. The van der Waals surface area contributed by atoms with Gasteiger partial charge in [-0.15, -0.1) is 0 Å². The fraction of sp³-hybridized carbons (Fsp3) is 0.556. The van der Waals surface area contributed by atoms with Gasteiger partial charge in [-0.05, 0) is 44.9 Å². The lowest BCUT2D eigenvalue weighted by Gasteiger charge is -2.45. The molecule has 0 N–H and O–H groups in total. The summed E-state index contributed by atoms with van der Waals surface area (Å²) in [5.41, 5.74) is 1.82. The lowest BCUT2D eigenvalue weighted by atomic mass is 9.81. The van der Waals surface area contributed by atoms with Crippen LogP contribution in [0.3, 0.4) is 0 Å². The van der Waals surface area contributed by atoms with Crippen molar-refractivity contribution in [3.05, 3.63) is 35.2 Å². The van der Waals surface area contributed by atoms with Gasteiger partial charge < -0.3 is 24.0 Å². The molecule has 0 aliphatic carbocycles. The summed E-state index contributed by atoms with van der Waals surface area (Å²) in [5, 5.41) is 0. The van der Waals surface area contributed by atoms with E-state index in [4.69, 9.17) is 14.2 Å². The van der Waals surface area contributed by atoms with Crippen LogP contribution < -0.4 is 19.1 Å². The Bertz CT molecular complexity index is 1150. The summed E-state index contributed by atoms with van der Waals surface area (Å²) in [6.45, 7) is 6.65. The van der Waals surface area contributed by atoms with Crippen LogP contribution in [0, 0.1) is 19.8 Å². The smallest absolute Gasteiger partial charge is 0.225 e. The number of piperidine rings is 2. The van der Waals surface area contributed by atoms with E-state index < -0.39 is 5.60 Å². The van der Waals surface area contributed by atoms with Crippen LogP contribution in [0.1, 0.15) is 53.8 Å². The molecule has 5 rings (SSSR count). The second kappa shape index (κ2) is 9.59. The number of rotatable bonds is 4. The van der Waals surface area contributed by atoms with Gasteiger partial charge in [-0.1, -0.05) is 0 Å². The van der Waals surface area contributed by atoms with E-state index in [2.05, 4.69) is 14.9 Å². The maximum Gasteiger partial charge on any atom is 0.225 e. The Kier molecular flexibility index (Phi) is 6.49. The summed E-state index contributed by atoms with van der Waals surface area (Å²) in [5.74, 6) is 2.43. The summed E-state index contributed by atoms with van der Waals surface area (Å²) in [6, 6.07) is 5.44. The van der Waals surface area contributed by atoms with Crippen molar-refractivity contribution in [2.24, 2.45) is 5.92 Å². The van der Waals surface area contributed by atoms with E-state index in [0.29, 0.717) is 55.2 Å². The van der Waals surface area contributed by atoms with Crippen molar-refractivity contribution in [1.29, 1.82) is 0 Å². The highest BCUT2D eigenvalue weighted by Gasteiger charge is 2.45. The zero-order valence-corrected chi connectivity index (χ0v) is 21.5. The quantitative estimate of drug-likeness (QED) is 0.639. The molecule has 2 saturated heterocycles. The van der Waals surface area contributed by atoms with Gasteiger partial charge in [0.25, 0.3) is 0 Å². The van der Waals surface area contributed by atoms with Crippen LogP contribution in [-0.2, 0) is 4.79 Å². The van der Waals surface area contributed by atoms with E-state index in [1.165, 1.54) is 0 Å². The molecule has 0 bridgehead atoms. The third kappa shape index (κ3) is 4.47. The molecule has 192 valence electrons. The number of Topliss-reactive ketones (excluding diaryl/α,β-unsaturated/α-hetero) is 1. The summed E-state index contributed by atoms with van der Waals surface area (Å²) in [6.07, 6.45) is 3.11. The van der Waals surface area contributed by atoms with Crippen LogP contribution in [0.5, 0.6) is 17.2 Å². The Morgan fingerprint density at radius 1 is 1.03 bits per heavy atom. The number of fused-ring (bicyclic) bond motifs is 1. The summed E-state index contributed by atoms with van der Waals surface area (Å²) < 4.78 is 17.4. The highest BCUT2D eigenvalue weighted by atomic mass is 16.5. The predicted molar refractivity (Wildman–Crippen MR) is 134 cm³/mol. The number of aryl methyl sites for hydroxylation is 2. The molecular formula is C27H34N4O5. The maximum atomic E-state index is 13.4. The Morgan fingerprint density at radius 3 is 2.31 bits per heavy atom. The number of amides is 1. The average molecular weight is 495 g/mol. The summed E-state index contributed by atoms with van der Waals surface area (Å²) in [7, 11) is 3.11. The predicted octanol–water partition coefficient (Wildman–Crippen LogP) is 3.35. The molecule has 0 atom stereocenters. The van der Waals surface area contributed by atoms with E-state index >= 15 is 0 Å². The largest absolute Gasteiger partial charge is 0.493 e. The van der Waals surface area contributed by atoms with Crippen LogP contribution in [0.2, 0.25) is 0 Å². The third-order valence-corrected chi connectivity index (χ3v) is 7.69. The number of likely N-dealkylation sites (tertiary alicyclic amines) is 1. The lowest BCUT2D eigenvalue weighted by molar-refractivity contribution is -0.139. The first kappa shape index (κ1) is 24.3. The van der Waals surface area contributed by atoms with Crippen molar-refractivity contribution in [2.45, 2.75) is 51.6 Å². The second-order valence-corrected chi connectivity index (χ2v) is 10.1. The van der Waals surface area contributed by atoms with Gasteiger partial charge in [-0.3, -0.25) is 9.59 Å². The highest BCUT2D eigenvalue weighted by Crippen LogP contribution is 2.48. The van der Waals surface area contributed by atoms with E-state index in [1.807, 2.05) is 24.8 Å². The molecule has 1 spiro atoms. The fourth-order valence-corrected chi connectivity index (χ4v) is 5.71. The molecule has 1 amide bonds. The van der Waals surface area contributed by atoms with Crippen molar-refractivity contribution in [1.82, 2.24) is 14.9 Å². The molecule has 3 aliphatic heterocycles. The van der Waals surface area contributed by atoms with E-state index in [9.17, 15) is 9.59 Å². The summed E-state index contributed by atoms with van der Waals surface area (Å²) >= 11 is 0. The Labute approximate surface area is 211 Å². The molecule has 9 heteroatoms. The number of ether oxygens (including phenoxy) is 3. The van der Waals surface area contributed by atoms with E-state index in [-0.39, 0.29) is 17.6 Å². The minimum absolute atomic E-state index is 0.000179. The minimum Gasteiger partial charge on any atom is -0.493 e. The van der Waals surface area contributed by atoms with Crippen LogP contribution in [0.15, 0.2) is 18.2 Å².